The van der Waals surface area contributed by atoms with Crippen LogP contribution in [-0.2, 0) is 4.79 Å². The summed E-state index contributed by atoms with van der Waals surface area (Å²) in [6, 6.07) is 13.1. The molecule has 1 aliphatic heterocycles. The van der Waals surface area contributed by atoms with Crippen molar-refractivity contribution in [2.45, 2.75) is 19.9 Å². The zero-order valence-electron chi connectivity index (χ0n) is 17.3. The Morgan fingerprint density at radius 1 is 1.17 bits per heavy atom. The molecule has 4 rings (SSSR count). The standard InChI is InChI=1S/C22H23ClN6O/c1-13-5-8-16(23)11-18(13)27-21(30)19-14(2)26-22-24-12-25-29(22)20(19)15-6-9-17(10-7-15)28(3)4/h5-12,20H,1-4H3,(H,27,30)(H,24,25,26). The number of carbonyl (C=O) groups excluding carboxylic acids is 1. The molecule has 1 atom stereocenters. The van der Waals surface area contributed by atoms with Crippen LogP contribution in [0.2, 0.25) is 5.02 Å². The average molecular weight is 423 g/mol. The predicted molar refractivity (Wildman–Crippen MR) is 120 cm³/mol. The topological polar surface area (TPSA) is 75.1 Å². The van der Waals surface area contributed by atoms with Crippen molar-refractivity contribution in [1.82, 2.24) is 14.8 Å². The fourth-order valence-electron chi connectivity index (χ4n) is 3.57. The number of hydrogen-bond acceptors (Lipinski definition) is 5. The van der Waals surface area contributed by atoms with Crippen LogP contribution in [0.1, 0.15) is 24.1 Å². The molecule has 0 aliphatic carbocycles. The number of halogens is 1. The van der Waals surface area contributed by atoms with E-state index in [0.29, 0.717) is 22.2 Å². The smallest absolute Gasteiger partial charge is 0.255 e. The first-order valence-corrected chi connectivity index (χ1v) is 9.95. The Bertz CT molecular complexity index is 1130. The highest BCUT2D eigenvalue weighted by molar-refractivity contribution is 6.31. The molecule has 3 aromatic rings. The third kappa shape index (κ3) is 3.64. The molecular formula is C22H23ClN6O. The molecule has 154 valence electrons. The monoisotopic (exact) mass is 422 g/mol. The minimum atomic E-state index is -0.403. The molecule has 1 unspecified atom stereocenters. The second-order valence-corrected chi connectivity index (χ2v) is 7.93. The third-order valence-corrected chi connectivity index (χ3v) is 5.45. The molecule has 0 bridgehead atoms. The van der Waals surface area contributed by atoms with Crippen LogP contribution >= 0.6 is 11.6 Å². The molecule has 2 heterocycles. The third-order valence-electron chi connectivity index (χ3n) is 5.21. The van der Waals surface area contributed by atoms with Crippen molar-refractivity contribution in [2.75, 3.05) is 29.6 Å². The lowest BCUT2D eigenvalue weighted by Gasteiger charge is -2.29. The van der Waals surface area contributed by atoms with Gasteiger partial charge in [-0.1, -0.05) is 29.8 Å². The number of anilines is 3. The van der Waals surface area contributed by atoms with Gasteiger partial charge in [0.2, 0.25) is 5.95 Å². The van der Waals surface area contributed by atoms with Gasteiger partial charge in [0, 0.05) is 36.2 Å². The normalized spacial score (nSPS) is 15.4. The van der Waals surface area contributed by atoms with Crippen LogP contribution in [0.15, 0.2) is 60.1 Å². The Morgan fingerprint density at radius 3 is 2.60 bits per heavy atom. The number of carbonyl (C=O) groups is 1. The fourth-order valence-corrected chi connectivity index (χ4v) is 3.74. The van der Waals surface area contributed by atoms with Gasteiger partial charge in [0.05, 0.1) is 5.57 Å². The van der Waals surface area contributed by atoms with E-state index in [9.17, 15) is 4.79 Å². The van der Waals surface area contributed by atoms with Crippen molar-refractivity contribution >= 4 is 34.8 Å². The first-order valence-electron chi connectivity index (χ1n) is 9.57. The van der Waals surface area contributed by atoms with Crippen molar-refractivity contribution in [2.24, 2.45) is 0 Å². The van der Waals surface area contributed by atoms with Crippen LogP contribution in [0.25, 0.3) is 0 Å². The van der Waals surface area contributed by atoms with Gasteiger partial charge in [0.1, 0.15) is 12.4 Å². The number of benzene rings is 2. The van der Waals surface area contributed by atoms with E-state index in [1.54, 1.807) is 16.8 Å². The number of aryl methyl sites for hydroxylation is 1. The maximum Gasteiger partial charge on any atom is 0.255 e. The van der Waals surface area contributed by atoms with Crippen LogP contribution in [0.3, 0.4) is 0 Å². The average Bonchev–Trinajstić information content (AvgIpc) is 3.17. The summed E-state index contributed by atoms with van der Waals surface area (Å²) in [7, 11) is 3.98. The van der Waals surface area contributed by atoms with Gasteiger partial charge in [-0.05, 0) is 49.2 Å². The van der Waals surface area contributed by atoms with Crippen LogP contribution in [0.5, 0.6) is 0 Å². The van der Waals surface area contributed by atoms with E-state index < -0.39 is 6.04 Å². The van der Waals surface area contributed by atoms with Gasteiger partial charge < -0.3 is 15.5 Å². The van der Waals surface area contributed by atoms with E-state index in [0.717, 1.165) is 22.5 Å². The Hall–Kier alpha value is -3.32. The molecular weight excluding hydrogens is 400 g/mol. The summed E-state index contributed by atoms with van der Waals surface area (Å²) in [6.45, 7) is 3.80. The molecule has 0 saturated heterocycles. The summed E-state index contributed by atoms with van der Waals surface area (Å²) in [5.74, 6) is 0.387. The fraction of sp³-hybridized carbons (Fsp3) is 0.227. The molecule has 1 aliphatic rings. The van der Waals surface area contributed by atoms with E-state index in [-0.39, 0.29) is 5.91 Å². The van der Waals surface area contributed by atoms with Crippen LogP contribution in [0.4, 0.5) is 17.3 Å². The van der Waals surface area contributed by atoms with Gasteiger partial charge in [0.15, 0.2) is 0 Å². The second kappa shape index (κ2) is 7.84. The Kier molecular flexibility index (Phi) is 5.22. The molecule has 0 spiro atoms. The van der Waals surface area contributed by atoms with Gasteiger partial charge in [0.25, 0.3) is 5.91 Å². The maximum atomic E-state index is 13.4. The van der Waals surface area contributed by atoms with Gasteiger partial charge in [-0.2, -0.15) is 10.1 Å². The highest BCUT2D eigenvalue weighted by Gasteiger charge is 2.33. The van der Waals surface area contributed by atoms with Crippen LogP contribution in [-0.4, -0.2) is 34.8 Å². The van der Waals surface area contributed by atoms with E-state index >= 15 is 0 Å². The second-order valence-electron chi connectivity index (χ2n) is 7.49. The summed E-state index contributed by atoms with van der Waals surface area (Å²) in [5, 5.41) is 11.1. The molecule has 2 aromatic carbocycles. The number of hydrogen-bond donors (Lipinski definition) is 2. The zero-order valence-corrected chi connectivity index (χ0v) is 18.0. The number of nitrogens with one attached hydrogen (secondary N) is 2. The molecule has 0 saturated carbocycles. The van der Waals surface area contributed by atoms with Crippen molar-refractivity contribution in [3.05, 3.63) is 76.2 Å². The van der Waals surface area contributed by atoms with Crippen molar-refractivity contribution < 1.29 is 4.79 Å². The summed E-state index contributed by atoms with van der Waals surface area (Å²) < 4.78 is 1.73. The molecule has 1 amide bonds. The molecule has 0 radical (unpaired) electrons. The minimum Gasteiger partial charge on any atom is -0.378 e. The number of fused-ring (bicyclic) bond motifs is 1. The molecule has 1 aromatic heterocycles. The summed E-state index contributed by atoms with van der Waals surface area (Å²) >= 11 is 6.13. The predicted octanol–water partition coefficient (Wildman–Crippen LogP) is 4.23. The number of amides is 1. The molecule has 2 N–H and O–H groups in total. The Labute approximate surface area is 180 Å². The highest BCUT2D eigenvalue weighted by atomic mass is 35.5. The SMILES string of the molecule is CC1=C(C(=O)Nc2cc(Cl)ccc2C)C(c2ccc(N(C)C)cc2)n2ncnc2N1. The quantitative estimate of drug-likeness (QED) is 0.658. The highest BCUT2D eigenvalue weighted by Crippen LogP contribution is 2.36. The van der Waals surface area contributed by atoms with Crippen LogP contribution in [0, 0.1) is 6.92 Å². The van der Waals surface area contributed by atoms with Crippen molar-refractivity contribution in [1.29, 1.82) is 0 Å². The summed E-state index contributed by atoms with van der Waals surface area (Å²) in [6.07, 6.45) is 1.48. The summed E-state index contributed by atoms with van der Waals surface area (Å²) in [5.41, 5.74) is 4.94. The van der Waals surface area contributed by atoms with E-state index in [1.807, 2.05) is 63.2 Å². The minimum absolute atomic E-state index is 0.215. The number of aromatic nitrogens is 3. The van der Waals surface area contributed by atoms with Crippen LogP contribution < -0.4 is 15.5 Å². The lowest BCUT2D eigenvalue weighted by atomic mass is 9.94. The van der Waals surface area contributed by atoms with E-state index in [1.165, 1.54) is 6.33 Å². The first-order chi connectivity index (χ1) is 14.3. The molecule has 30 heavy (non-hydrogen) atoms. The first kappa shape index (κ1) is 20.0. The molecule has 7 nitrogen and oxygen atoms in total. The van der Waals surface area contributed by atoms with E-state index in [2.05, 4.69) is 20.7 Å². The lowest BCUT2D eigenvalue weighted by Crippen LogP contribution is -2.31. The van der Waals surface area contributed by atoms with Crippen molar-refractivity contribution in [3.63, 3.8) is 0 Å². The zero-order chi connectivity index (χ0) is 21.4. The van der Waals surface area contributed by atoms with Crippen molar-refractivity contribution in [3.8, 4) is 0 Å². The van der Waals surface area contributed by atoms with E-state index in [4.69, 9.17) is 11.6 Å². The lowest BCUT2D eigenvalue weighted by molar-refractivity contribution is -0.113. The largest absolute Gasteiger partial charge is 0.378 e. The number of rotatable bonds is 4. The Morgan fingerprint density at radius 2 is 1.90 bits per heavy atom. The molecule has 8 heteroatoms. The summed E-state index contributed by atoms with van der Waals surface area (Å²) in [4.78, 5) is 19.7. The van der Waals surface area contributed by atoms with Gasteiger partial charge in [-0.25, -0.2) is 4.68 Å². The number of allylic oxidation sites excluding steroid dienone is 1. The van der Waals surface area contributed by atoms with Gasteiger partial charge in [-0.3, -0.25) is 4.79 Å². The Balaban J connectivity index is 1.75. The molecule has 0 fully saturated rings. The van der Waals surface area contributed by atoms with Gasteiger partial charge in [-0.15, -0.1) is 0 Å². The van der Waals surface area contributed by atoms with Gasteiger partial charge >= 0.3 is 0 Å². The maximum absolute atomic E-state index is 13.4. The number of nitrogens with zero attached hydrogens (tertiary/aromatic N) is 4.